The third-order valence-electron chi connectivity index (χ3n) is 3.98. The van der Waals surface area contributed by atoms with Crippen LogP contribution in [0.2, 0.25) is 5.02 Å². The molecule has 0 amide bonds. The van der Waals surface area contributed by atoms with Crippen molar-refractivity contribution in [2.45, 2.75) is 6.92 Å². The van der Waals surface area contributed by atoms with E-state index in [4.69, 9.17) is 25.8 Å². The van der Waals surface area contributed by atoms with Gasteiger partial charge >= 0.3 is 5.97 Å². The summed E-state index contributed by atoms with van der Waals surface area (Å²) in [6.45, 7) is 1.83. The Morgan fingerprint density at radius 1 is 1.19 bits per heavy atom. The van der Waals surface area contributed by atoms with Crippen LogP contribution in [0.5, 0.6) is 11.5 Å². The maximum absolute atomic E-state index is 12.4. The number of carbonyl (C=O) groups is 2. The molecule has 0 saturated heterocycles. The third kappa shape index (κ3) is 3.90. The van der Waals surface area contributed by atoms with Crippen molar-refractivity contribution in [3.8, 4) is 11.5 Å². The molecule has 0 saturated carbocycles. The van der Waals surface area contributed by atoms with E-state index in [0.29, 0.717) is 23.7 Å². The molecule has 27 heavy (non-hydrogen) atoms. The van der Waals surface area contributed by atoms with E-state index in [1.54, 1.807) is 6.20 Å². The lowest BCUT2D eigenvalue weighted by Gasteiger charge is -2.12. The molecule has 0 radical (unpaired) electrons. The number of H-pyrrole nitrogens is 1. The van der Waals surface area contributed by atoms with Crippen LogP contribution in [0.15, 0.2) is 42.6 Å². The molecule has 0 bridgehead atoms. The lowest BCUT2D eigenvalue weighted by atomic mass is 10.1. The van der Waals surface area contributed by atoms with Crippen LogP contribution in [-0.4, -0.2) is 37.1 Å². The number of carbonyl (C=O) groups excluding carboxylic acids is 2. The van der Waals surface area contributed by atoms with Gasteiger partial charge in [-0.15, -0.1) is 0 Å². The number of hydrogen-bond acceptors (Lipinski definition) is 5. The van der Waals surface area contributed by atoms with E-state index >= 15 is 0 Å². The minimum Gasteiger partial charge on any atom is -0.493 e. The van der Waals surface area contributed by atoms with Gasteiger partial charge in [0.2, 0.25) is 5.78 Å². The number of ketones is 1. The molecule has 7 heteroatoms. The largest absolute Gasteiger partial charge is 0.493 e. The first kappa shape index (κ1) is 18.8. The summed E-state index contributed by atoms with van der Waals surface area (Å²) in [4.78, 5) is 27.8. The molecule has 3 rings (SSSR count). The second kappa shape index (κ2) is 8.14. The minimum absolute atomic E-state index is 0.173. The standard InChI is InChI=1S/C20H18ClNO5/c1-3-26-19-15(21)8-12(9-18(19)25-2)20(24)27-11-17(23)14-10-22-16-7-5-4-6-13(14)16/h4-10,22H,3,11H2,1-2H3. The Morgan fingerprint density at radius 2 is 1.96 bits per heavy atom. The van der Waals surface area contributed by atoms with Gasteiger partial charge in [-0.2, -0.15) is 0 Å². The summed E-state index contributed by atoms with van der Waals surface area (Å²) in [5, 5.41) is 1.01. The van der Waals surface area contributed by atoms with Crippen molar-refractivity contribution in [3.05, 3.63) is 58.7 Å². The van der Waals surface area contributed by atoms with Crippen LogP contribution in [0.25, 0.3) is 10.9 Å². The smallest absolute Gasteiger partial charge is 0.338 e. The normalized spacial score (nSPS) is 10.6. The second-order valence-electron chi connectivity index (χ2n) is 5.67. The minimum atomic E-state index is -0.675. The fourth-order valence-electron chi connectivity index (χ4n) is 2.72. The van der Waals surface area contributed by atoms with Crippen LogP contribution in [-0.2, 0) is 4.74 Å². The molecule has 6 nitrogen and oxygen atoms in total. The van der Waals surface area contributed by atoms with Gasteiger partial charge in [-0.1, -0.05) is 29.8 Å². The number of halogens is 1. The first-order valence-corrected chi connectivity index (χ1v) is 8.69. The van der Waals surface area contributed by atoms with E-state index in [1.165, 1.54) is 19.2 Å². The van der Waals surface area contributed by atoms with Crippen LogP contribution in [0, 0.1) is 0 Å². The molecule has 0 aliphatic heterocycles. The molecule has 0 atom stereocenters. The average Bonchev–Trinajstić information content (AvgIpc) is 3.11. The van der Waals surface area contributed by atoms with Gasteiger partial charge in [-0.25, -0.2) is 4.79 Å². The Labute approximate surface area is 161 Å². The number of hydrogen-bond donors (Lipinski definition) is 1. The number of fused-ring (bicyclic) bond motifs is 1. The van der Waals surface area contributed by atoms with Crippen molar-refractivity contribution in [2.24, 2.45) is 0 Å². The molecular formula is C20H18ClNO5. The summed E-state index contributed by atoms with van der Waals surface area (Å²) in [6, 6.07) is 10.3. The fourth-order valence-corrected chi connectivity index (χ4v) is 2.98. The van der Waals surface area contributed by atoms with Gasteiger partial charge in [0.15, 0.2) is 18.1 Å². The Morgan fingerprint density at radius 3 is 2.70 bits per heavy atom. The van der Waals surface area contributed by atoms with E-state index in [2.05, 4.69) is 4.98 Å². The predicted octanol–water partition coefficient (Wildman–Crippen LogP) is 4.27. The molecule has 1 N–H and O–H groups in total. The number of Topliss-reactive ketones (excluding diaryl/α,β-unsaturated/α-hetero) is 1. The molecule has 3 aromatic rings. The summed E-state index contributed by atoms with van der Waals surface area (Å²) in [7, 11) is 1.45. The van der Waals surface area contributed by atoms with Crippen molar-refractivity contribution < 1.29 is 23.8 Å². The van der Waals surface area contributed by atoms with Crippen LogP contribution in [0.3, 0.4) is 0 Å². The molecule has 0 spiro atoms. The maximum atomic E-state index is 12.4. The van der Waals surface area contributed by atoms with E-state index in [-0.39, 0.29) is 23.0 Å². The molecule has 0 aliphatic rings. The Bertz CT molecular complexity index is 995. The number of benzene rings is 2. The van der Waals surface area contributed by atoms with Crippen LogP contribution in [0.1, 0.15) is 27.6 Å². The van der Waals surface area contributed by atoms with Gasteiger partial charge in [-0.05, 0) is 25.1 Å². The molecule has 1 heterocycles. The van der Waals surface area contributed by atoms with Gasteiger partial charge in [0.1, 0.15) is 0 Å². The number of aromatic amines is 1. The van der Waals surface area contributed by atoms with Crippen LogP contribution < -0.4 is 9.47 Å². The summed E-state index contributed by atoms with van der Waals surface area (Å²) < 4.78 is 15.8. The van der Waals surface area contributed by atoms with Crippen molar-refractivity contribution in [3.63, 3.8) is 0 Å². The van der Waals surface area contributed by atoms with Crippen molar-refractivity contribution >= 4 is 34.3 Å². The summed E-state index contributed by atoms with van der Waals surface area (Å²) in [5.74, 6) is -0.302. The summed E-state index contributed by atoms with van der Waals surface area (Å²) >= 11 is 6.16. The number of methoxy groups -OCH3 is 1. The topological polar surface area (TPSA) is 77.6 Å². The highest BCUT2D eigenvalue weighted by Crippen LogP contribution is 2.36. The molecule has 140 valence electrons. The zero-order chi connectivity index (χ0) is 19.4. The second-order valence-corrected chi connectivity index (χ2v) is 6.08. The molecule has 0 fully saturated rings. The first-order valence-electron chi connectivity index (χ1n) is 8.32. The number of nitrogens with one attached hydrogen (secondary N) is 1. The SMILES string of the molecule is CCOc1c(Cl)cc(C(=O)OCC(=O)c2c[nH]c3ccccc23)cc1OC. The van der Waals surface area contributed by atoms with Crippen molar-refractivity contribution in [1.29, 1.82) is 0 Å². The van der Waals surface area contributed by atoms with E-state index in [9.17, 15) is 9.59 Å². The quantitative estimate of drug-likeness (QED) is 0.484. The molecular weight excluding hydrogens is 370 g/mol. The lowest BCUT2D eigenvalue weighted by molar-refractivity contribution is 0.0475. The molecule has 2 aromatic carbocycles. The van der Waals surface area contributed by atoms with E-state index in [0.717, 1.165) is 10.9 Å². The van der Waals surface area contributed by atoms with Gasteiger partial charge in [-0.3, -0.25) is 4.79 Å². The van der Waals surface area contributed by atoms with Gasteiger partial charge < -0.3 is 19.2 Å². The summed E-state index contributed by atoms with van der Waals surface area (Å²) in [5.41, 5.74) is 1.49. The van der Waals surface area contributed by atoms with Crippen LogP contribution in [0.4, 0.5) is 0 Å². The maximum Gasteiger partial charge on any atom is 0.338 e. The molecule has 0 unspecified atom stereocenters. The van der Waals surface area contributed by atoms with Gasteiger partial charge in [0.25, 0.3) is 0 Å². The highest BCUT2D eigenvalue weighted by Gasteiger charge is 2.19. The Kier molecular flexibility index (Phi) is 5.66. The lowest BCUT2D eigenvalue weighted by Crippen LogP contribution is -2.14. The highest BCUT2D eigenvalue weighted by molar-refractivity contribution is 6.32. The first-order chi connectivity index (χ1) is 13.0. The monoisotopic (exact) mass is 387 g/mol. The number of esters is 1. The van der Waals surface area contributed by atoms with Crippen molar-refractivity contribution in [1.82, 2.24) is 4.98 Å². The zero-order valence-electron chi connectivity index (χ0n) is 14.9. The number of ether oxygens (including phenoxy) is 3. The molecule has 1 aromatic heterocycles. The van der Waals surface area contributed by atoms with Crippen LogP contribution >= 0.6 is 11.6 Å². The molecule has 0 aliphatic carbocycles. The predicted molar refractivity (Wildman–Crippen MR) is 102 cm³/mol. The third-order valence-corrected chi connectivity index (χ3v) is 4.26. The van der Waals surface area contributed by atoms with Gasteiger partial charge in [0.05, 0.1) is 24.3 Å². The highest BCUT2D eigenvalue weighted by atomic mass is 35.5. The Hall–Kier alpha value is -2.99. The van der Waals surface area contributed by atoms with Gasteiger partial charge in [0, 0.05) is 22.7 Å². The average molecular weight is 388 g/mol. The number of para-hydroxylation sites is 1. The zero-order valence-corrected chi connectivity index (χ0v) is 15.6. The van der Waals surface area contributed by atoms with E-state index in [1.807, 2.05) is 31.2 Å². The summed E-state index contributed by atoms with van der Waals surface area (Å²) in [6.07, 6.45) is 1.61. The van der Waals surface area contributed by atoms with E-state index < -0.39 is 5.97 Å². The Balaban J connectivity index is 1.74. The van der Waals surface area contributed by atoms with Crippen molar-refractivity contribution in [2.75, 3.05) is 20.3 Å². The number of aromatic nitrogens is 1. The fraction of sp³-hybridized carbons (Fsp3) is 0.200. The number of rotatable bonds is 7.